The van der Waals surface area contributed by atoms with Gasteiger partial charge in [0.15, 0.2) is 0 Å². The first-order valence-corrected chi connectivity index (χ1v) is 13.2. The average Bonchev–Trinajstić information content (AvgIpc) is 2.77. The molecule has 0 aromatic heterocycles. The highest BCUT2D eigenvalue weighted by Gasteiger charge is 2.28. The van der Waals surface area contributed by atoms with E-state index in [1.165, 1.54) is 0 Å². The summed E-state index contributed by atoms with van der Waals surface area (Å²) < 4.78 is 27.4. The Balaban J connectivity index is 1.60. The summed E-state index contributed by atoms with van der Waals surface area (Å²) in [6, 6.07) is 14.9. The number of rotatable bonds is 8. The van der Waals surface area contributed by atoms with Crippen molar-refractivity contribution in [1.82, 2.24) is 14.5 Å². The molecule has 1 saturated heterocycles. The molecule has 0 unspecified atom stereocenters. The second-order valence-corrected chi connectivity index (χ2v) is 11.6. The predicted molar refractivity (Wildman–Crippen MR) is 133 cm³/mol. The number of amides is 1. The molecule has 1 aliphatic rings. The molecule has 1 fully saturated rings. The minimum Gasteiger partial charge on any atom is -0.349 e. The molecule has 0 atom stereocenters. The van der Waals surface area contributed by atoms with Gasteiger partial charge in [-0.2, -0.15) is 4.31 Å². The zero-order chi connectivity index (χ0) is 24.2. The number of hydrogen-bond acceptors (Lipinski definition) is 4. The Morgan fingerprint density at radius 3 is 2.12 bits per heavy atom. The lowest BCUT2D eigenvalue weighted by Crippen LogP contribution is -2.48. The molecule has 1 heterocycles. The van der Waals surface area contributed by atoms with Crippen molar-refractivity contribution in [2.75, 3.05) is 26.2 Å². The summed E-state index contributed by atoms with van der Waals surface area (Å²) in [6.45, 7) is 13.4. The van der Waals surface area contributed by atoms with Gasteiger partial charge >= 0.3 is 0 Å². The lowest BCUT2D eigenvalue weighted by molar-refractivity contribution is 0.0910. The van der Waals surface area contributed by atoms with Crippen LogP contribution in [0.5, 0.6) is 0 Å². The first kappa shape index (κ1) is 25.4. The Kier molecular flexibility index (Phi) is 8.32. The molecule has 0 radical (unpaired) electrons. The fourth-order valence-electron chi connectivity index (χ4n) is 4.39. The SMILES string of the molecule is Cc1ccc(S(=O)(=O)N2CCN(Cc3cccc(C(=O)NC(C(C)C)C(C)C)c3)CC2)cc1. The standard InChI is InChI=1S/C26H37N3O3S/c1-19(2)25(20(3)4)27-26(30)23-8-6-7-22(17-23)18-28-13-15-29(16-14-28)33(31,32)24-11-9-21(5)10-12-24/h6-12,17,19-20,25H,13-16,18H2,1-5H3,(H,27,30). The maximum Gasteiger partial charge on any atom is 0.251 e. The summed E-state index contributed by atoms with van der Waals surface area (Å²) in [4.78, 5) is 15.4. The molecule has 1 N–H and O–H groups in total. The van der Waals surface area contributed by atoms with Crippen molar-refractivity contribution in [3.05, 3.63) is 65.2 Å². The van der Waals surface area contributed by atoms with Crippen molar-refractivity contribution >= 4 is 15.9 Å². The lowest BCUT2D eigenvalue weighted by atomic mass is 9.93. The van der Waals surface area contributed by atoms with E-state index in [2.05, 4.69) is 37.9 Å². The Bertz CT molecular complexity index is 1030. The van der Waals surface area contributed by atoms with Gasteiger partial charge in [-0.25, -0.2) is 8.42 Å². The summed E-state index contributed by atoms with van der Waals surface area (Å²) in [5.41, 5.74) is 2.76. The van der Waals surface area contributed by atoms with E-state index >= 15 is 0 Å². The predicted octanol–water partition coefficient (Wildman–Crippen LogP) is 3.91. The third kappa shape index (κ3) is 6.43. The maximum absolute atomic E-state index is 12.9. The summed E-state index contributed by atoms with van der Waals surface area (Å²) >= 11 is 0. The van der Waals surface area contributed by atoms with Gasteiger partial charge in [0.05, 0.1) is 4.90 Å². The fraction of sp³-hybridized carbons (Fsp3) is 0.500. The summed E-state index contributed by atoms with van der Waals surface area (Å²) in [7, 11) is -3.47. The number of piperazine rings is 1. The van der Waals surface area contributed by atoms with Gasteiger partial charge < -0.3 is 5.32 Å². The van der Waals surface area contributed by atoms with Gasteiger partial charge in [-0.05, 0) is 48.6 Å². The number of nitrogens with one attached hydrogen (secondary N) is 1. The lowest BCUT2D eigenvalue weighted by Gasteiger charge is -2.34. The van der Waals surface area contributed by atoms with Gasteiger partial charge in [0, 0.05) is 44.3 Å². The molecular weight excluding hydrogens is 434 g/mol. The Hall–Kier alpha value is -2.22. The second-order valence-electron chi connectivity index (χ2n) is 9.68. The molecule has 0 aliphatic carbocycles. The molecule has 1 amide bonds. The van der Waals surface area contributed by atoms with Crippen molar-refractivity contribution in [2.45, 2.75) is 52.1 Å². The van der Waals surface area contributed by atoms with E-state index in [9.17, 15) is 13.2 Å². The van der Waals surface area contributed by atoms with E-state index in [0.717, 1.165) is 11.1 Å². The number of sulfonamides is 1. The first-order chi connectivity index (χ1) is 15.6. The van der Waals surface area contributed by atoms with Gasteiger partial charge in [-0.3, -0.25) is 9.69 Å². The molecule has 1 aliphatic heterocycles. The van der Waals surface area contributed by atoms with Crippen LogP contribution in [0.1, 0.15) is 49.2 Å². The van der Waals surface area contributed by atoms with Crippen LogP contribution in [0.15, 0.2) is 53.4 Å². The molecule has 0 spiro atoms. The minimum atomic E-state index is -3.47. The average molecular weight is 472 g/mol. The molecule has 0 bridgehead atoms. The van der Waals surface area contributed by atoms with Crippen LogP contribution in [-0.2, 0) is 16.6 Å². The normalized spacial score (nSPS) is 16.0. The molecule has 7 heteroatoms. The van der Waals surface area contributed by atoms with E-state index in [-0.39, 0.29) is 11.9 Å². The van der Waals surface area contributed by atoms with E-state index in [1.54, 1.807) is 16.4 Å². The van der Waals surface area contributed by atoms with Crippen molar-refractivity contribution in [2.24, 2.45) is 11.8 Å². The van der Waals surface area contributed by atoms with Crippen LogP contribution < -0.4 is 5.32 Å². The molecule has 6 nitrogen and oxygen atoms in total. The maximum atomic E-state index is 12.9. The number of hydrogen-bond donors (Lipinski definition) is 1. The quantitative estimate of drug-likeness (QED) is 0.634. The van der Waals surface area contributed by atoms with Gasteiger partial charge in [-0.1, -0.05) is 57.5 Å². The summed E-state index contributed by atoms with van der Waals surface area (Å²) in [6.07, 6.45) is 0. The Morgan fingerprint density at radius 1 is 0.939 bits per heavy atom. The fourth-order valence-corrected chi connectivity index (χ4v) is 5.82. The number of carbonyl (C=O) groups excluding carboxylic acids is 1. The zero-order valence-corrected chi connectivity index (χ0v) is 21.2. The molecule has 33 heavy (non-hydrogen) atoms. The highest BCUT2D eigenvalue weighted by molar-refractivity contribution is 7.89. The number of benzene rings is 2. The first-order valence-electron chi connectivity index (χ1n) is 11.8. The van der Waals surface area contributed by atoms with E-state index in [0.29, 0.717) is 55.0 Å². The van der Waals surface area contributed by atoms with Gasteiger partial charge in [0.25, 0.3) is 5.91 Å². The van der Waals surface area contributed by atoms with Crippen molar-refractivity contribution in [1.29, 1.82) is 0 Å². The third-order valence-electron chi connectivity index (χ3n) is 6.32. The van der Waals surface area contributed by atoms with Crippen molar-refractivity contribution in [3.8, 4) is 0 Å². The largest absolute Gasteiger partial charge is 0.349 e. The summed E-state index contributed by atoms with van der Waals surface area (Å²) in [5.74, 6) is 0.687. The minimum absolute atomic E-state index is 0.0433. The van der Waals surface area contributed by atoms with Crippen LogP contribution in [0.25, 0.3) is 0 Å². The van der Waals surface area contributed by atoms with Crippen LogP contribution in [0.2, 0.25) is 0 Å². The number of aryl methyl sites for hydroxylation is 1. The Labute approximate surface area is 199 Å². The zero-order valence-electron chi connectivity index (χ0n) is 20.4. The van der Waals surface area contributed by atoms with Crippen LogP contribution in [-0.4, -0.2) is 55.8 Å². The summed E-state index contributed by atoms with van der Waals surface area (Å²) in [5, 5.41) is 3.18. The molecule has 180 valence electrons. The van der Waals surface area contributed by atoms with Crippen LogP contribution in [0.3, 0.4) is 0 Å². The monoisotopic (exact) mass is 471 g/mol. The molecule has 2 aromatic carbocycles. The van der Waals surface area contributed by atoms with Crippen LogP contribution >= 0.6 is 0 Å². The molecule has 3 rings (SSSR count). The molecule has 0 saturated carbocycles. The smallest absolute Gasteiger partial charge is 0.251 e. The van der Waals surface area contributed by atoms with E-state index in [1.807, 2.05) is 43.3 Å². The topological polar surface area (TPSA) is 69.7 Å². The van der Waals surface area contributed by atoms with Crippen molar-refractivity contribution < 1.29 is 13.2 Å². The van der Waals surface area contributed by atoms with Gasteiger partial charge in [0.1, 0.15) is 0 Å². The van der Waals surface area contributed by atoms with Crippen LogP contribution in [0.4, 0.5) is 0 Å². The molecule has 2 aromatic rings. The highest BCUT2D eigenvalue weighted by Crippen LogP contribution is 2.20. The van der Waals surface area contributed by atoms with Crippen molar-refractivity contribution in [3.63, 3.8) is 0 Å². The van der Waals surface area contributed by atoms with E-state index in [4.69, 9.17) is 0 Å². The number of nitrogens with zero attached hydrogens (tertiary/aromatic N) is 2. The Morgan fingerprint density at radius 2 is 1.55 bits per heavy atom. The highest BCUT2D eigenvalue weighted by atomic mass is 32.2. The third-order valence-corrected chi connectivity index (χ3v) is 8.23. The van der Waals surface area contributed by atoms with Crippen LogP contribution in [0, 0.1) is 18.8 Å². The second kappa shape index (κ2) is 10.8. The number of carbonyl (C=O) groups is 1. The van der Waals surface area contributed by atoms with Gasteiger partial charge in [-0.15, -0.1) is 0 Å². The van der Waals surface area contributed by atoms with Gasteiger partial charge in [0.2, 0.25) is 10.0 Å². The van der Waals surface area contributed by atoms with E-state index < -0.39 is 10.0 Å². The molecular formula is C26H37N3O3S.